The van der Waals surface area contributed by atoms with Gasteiger partial charge in [-0.25, -0.2) is 9.07 Å². The Morgan fingerprint density at radius 1 is 1.39 bits per heavy atom. The van der Waals surface area contributed by atoms with Gasteiger partial charge in [-0.1, -0.05) is 12.1 Å². The van der Waals surface area contributed by atoms with Gasteiger partial charge < -0.3 is 5.73 Å². The highest BCUT2D eigenvalue weighted by Gasteiger charge is 2.25. The fourth-order valence-electron chi connectivity index (χ4n) is 2.71. The number of hydrogen-bond donors (Lipinski definition) is 1. The first-order chi connectivity index (χ1) is 8.68. The van der Waals surface area contributed by atoms with Gasteiger partial charge in [-0.15, -0.1) is 0 Å². The van der Waals surface area contributed by atoms with Crippen molar-refractivity contribution in [1.29, 1.82) is 0 Å². The Morgan fingerprint density at radius 3 is 2.94 bits per heavy atom. The zero-order valence-electron chi connectivity index (χ0n) is 10.4. The summed E-state index contributed by atoms with van der Waals surface area (Å²) in [5, 5.41) is 4.47. The van der Waals surface area contributed by atoms with E-state index in [1.165, 1.54) is 11.6 Å². The van der Waals surface area contributed by atoms with Crippen LogP contribution >= 0.6 is 0 Å². The van der Waals surface area contributed by atoms with E-state index < -0.39 is 0 Å². The van der Waals surface area contributed by atoms with Gasteiger partial charge in [0.25, 0.3) is 0 Å². The van der Waals surface area contributed by atoms with E-state index in [1.54, 1.807) is 16.8 Å². The highest BCUT2D eigenvalue weighted by atomic mass is 19.1. The Labute approximate surface area is 105 Å². The summed E-state index contributed by atoms with van der Waals surface area (Å²) in [6, 6.07) is 6.64. The number of rotatable bonds is 1. The van der Waals surface area contributed by atoms with Crippen molar-refractivity contribution in [3.05, 3.63) is 47.0 Å². The summed E-state index contributed by atoms with van der Waals surface area (Å²) in [6.45, 7) is 1.97. The first kappa shape index (κ1) is 11.4. The molecule has 2 N–H and O–H groups in total. The van der Waals surface area contributed by atoms with Crippen LogP contribution in [0.5, 0.6) is 0 Å². The molecule has 0 saturated heterocycles. The zero-order chi connectivity index (χ0) is 12.7. The Hall–Kier alpha value is -1.68. The van der Waals surface area contributed by atoms with E-state index in [-0.39, 0.29) is 11.9 Å². The molecule has 1 aromatic carbocycles. The standard InChI is InChI=1S/C14H16FN3/c1-9-10-5-4-7-12(16)14(10)18(17-9)13-8-3-2-6-11(13)15/h2-3,6,8,12H,4-5,7,16H2,1H3. The van der Waals surface area contributed by atoms with Gasteiger partial charge in [0.2, 0.25) is 0 Å². The molecule has 0 spiro atoms. The second-order valence-corrected chi connectivity index (χ2v) is 4.81. The molecule has 1 atom stereocenters. The van der Waals surface area contributed by atoms with Crippen LogP contribution in [-0.4, -0.2) is 9.78 Å². The molecule has 4 heteroatoms. The summed E-state index contributed by atoms with van der Waals surface area (Å²) in [5.41, 5.74) is 9.78. The van der Waals surface area contributed by atoms with Gasteiger partial charge in [0.1, 0.15) is 11.5 Å². The van der Waals surface area contributed by atoms with Crippen LogP contribution in [0.3, 0.4) is 0 Å². The second-order valence-electron chi connectivity index (χ2n) is 4.81. The molecule has 0 amide bonds. The predicted molar refractivity (Wildman–Crippen MR) is 68.1 cm³/mol. The second kappa shape index (κ2) is 4.21. The minimum absolute atomic E-state index is 0.0467. The lowest BCUT2D eigenvalue weighted by molar-refractivity contribution is 0.534. The molecule has 0 bridgehead atoms. The van der Waals surface area contributed by atoms with Gasteiger partial charge in [-0.2, -0.15) is 5.10 Å². The molecule has 2 aromatic rings. The van der Waals surface area contributed by atoms with Crippen molar-refractivity contribution in [3.63, 3.8) is 0 Å². The molecule has 1 heterocycles. The third-order valence-corrected chi connectivity index (χ3v) is 3.60. The number of para-hydroxylation sites is 1. The maximum Gasteiger partial charge on any atom is 0.148 e. The van der Waals surface area contributed by atoms with Crippen molar-refractivity contribution >= 4 is 0 Å². The van der Waals surface area contributed by atoms with E-state index in [0.717, 1.165) is 30.7 Å². The smallest absolute Gasteiger partial charge is 0.148 e. The lowest BCUT2D eigenvalue weighted by atomic mass is 9.92. The van der Waals surface area contributed by atoms with Crippen molar-refractivity contribution in [1.82, 2.24) is 9.78 Å². The van der Waals surface area contributed by atoms with Gasteiger partial charge in [0.05, 0.1) is 11.4 Å². The third-order valence-electron chi connectivity index (χ3n) is 3.60. The summed E-state index contributed by atoms with van der Waals surface area (Å²) < 4.78 is 15.6. The van der Waals surface area contributed by atoms with E-state index in [9.17, 15) is 4.39 Å². The number of aromatic nitrogens is 2. The van der Waals surface area contributed by atoms with Crippen molar-refractivity contribution in [2.45, 2.75) is 32.2 Å². The van der Waals surface area contributed by atoms with Gasteiger partial charge in [0.15, 0.2) is 0 Å². The summed E-state index contributed by atoms with van der Waals surface area (Å²) in [4.78, 5) is 0. The molecular formula is C14H16FN3. The monoisotopic (exact) mass is 245 g/mol. The summed E-state index contributed by atoms with van der Waals surface area (Å²) in [6.07, 6.45) is 3.01. The number of aryl methyl sites for hydroxylation is 1. The molecule has 1 aliphatic rings. The van der Waals surface area contributed by atoms with E-state index >= 15 is 0 Å². The third kappa shape index (κ3) is 1.64. The number of nitrogens with two attached hydrogens (primary N) is 1. The van der Waals surface area contributed by atoms with Crippen molar-refractivity contribution in [2.24, 2.45) is 5.73 Å². The van der Waals surface area contributed by atoms with E-state index in [4.69, 9.17) is 5.73 Å². The highest BCUT2D eigenvalue weighted by Crippen LogP contribution is 2.32. The van der Waals surface area contributed by atoms with Crippen molar-refractivity contribution < 1.29 is 4.39 Å². The Morgan fingerprint density at radius 2 is 2.17 bits per heavy atom. The zero-order valence-corrected chi connectivity index (χ0v) is 10.4. The lowest BCUT2D eigenvalue weighted by Gasteiger charge is -2.21. The van der Waals surface area contributed by atoms with Gasteiger partial charge in [-0.3, -0.25) is 0 Å². The average molecular weight is 245 g/mol. The SMILES string of the molecule is Cc1nn(-c2ccccc2F)c2c1CCCC2N. The lowest BCUT2D eigenvalue weighted by Crippen LogP contribution is -2.21. The van der Waals surface area contributed by atoms with E-state index in [0.29, 0.717) is 5.69 Å². The molecule has 0 aliphatic heterocycles. The minimum atomic E-state index is -0.263. The molecule has 0 radical (unpaired) electrons. The number of benzene rings is 1. The topological polar surface area (TPSA) is 43.8 Å². The molecule has 18 heavy (non-hydrogen) atoms. The van der Waals surface area contributed by atoms with Crippen LogP contribution in [0.2, 0.25) is 0 Å². The summed E-state index contributed by atoms with van der Waals surface area (Å²) >= 11 is 0. The predicted octanol–water partition coefficient (Wildman–Crippen LogP) is 2.66. The number of nitrogens with zero attached hydrogens (tertiary/aromatic N) is 2. The quantitative estimate of drug-likeness (QED) is 0.839. The maximum absolute atomic E-state index is 13.9. The first-order valence-electron chi connectivity index (χ1n) is 6.27. The molecule has 3 rings (SSSR count). The van der Waals surface area contributed by atoms with Gasteiger partial charge >= 0.3 is 0 Å². The Bertz CT molecular complexity index is 589. The number of fused-ring (bicyclic) bond motifs is 1. The minimum Gasteiger partial charge on any atom is -0.323 e. The van der Waals surface area contributed by atoms with Crippen LogP contribution in [0.4, 0.5) is 4.39 Å². The summed E-state index contributed by atoms with van der Waals surface area (Å²) in [5.74, 6) is -0.263. The van der Waals surface area contributed by atoms with Gasteiger partial charge in [0, 0.05) is 6.04 Å². The molecule has 0 fully saturated rings. The molecule has 94 valence electrons. The Balaban J connectivity index is 2.22. The molecule has 1 aromatic heterocycles. The molecule has 1 unspecified atom stereocenters. The van der Waals surface area contributed by atoms with Crippen molar-refractivity contribution in [2.75, 3.05) is 0 Å². The fraction of sp³-hybridized carbons (Fsp3) is 0.357. The molecule has 0 saturated carbocycles. The van der Waals surface area contributed by atoms with Gasteiger partial charge in [-0.05, 0) is 43.9 Å². The summed E-state index contributed by atoms with van der Waals surface area (Å²) in [7, 11) is 0. The number of halogens is 1. The molecular weight excluding hydrogens is 229 g/mol. The molecule has 3 nitrogen and oxygen atoms in total. The normalized spacial score (nSPS) is 18.7. The van der Waals surface area contributed by atoms with Crippen LogP contribution in [0.25, 0.3) is 5.69 Å². The first-order valence-corrected chi connectivity index (χ1v) is 6.27. The number of hydrogen-bond acceptors (Lipinski definition) is 2. The average Bonchev–Trinajstić information content (AvgIpc) is 2.69. The highest BCUT2D eigenvalue weighted by molar-refractivity contribution is 5.40. The van der Waals surface area contributed by atoms with Crippen LogP contribution in [0, 0.1) is 12.7 Å². The van der Waals surface area contributed by atoms with Crippen LogP contribution in [0.15, 0.2) is 24.3 Å². The maximum atomic E-state index is 13.9. The van der Waals surface area contributed by atoms with Crippen LogP contribution in [-0.2, 0) is 6.42 Å². The van der Waals surface area contributed by atoms with Crippen LogP contribution < -0.4 is 5.73 Å². The van der Waals surface area contributed by atoms with E-state index in [1.807, 2.05) is 13.0 Å². The van der Waals surface area contributed by atoms with E-state index in [2.05, 4.69) is 5.10 Å². The Kier molecular flexibility index (Phi) is 2.67. The fourth-order valence-corrected chi connectivity index (χ4v) is 2.71. The largest absolute Gasteiger partial charge is 0.323 e. The van der Waals surface area contributed by atoms with Crippen molar-refractivity contribution in [3.8, 4) is 5.69 Å². The van der Waals surface area contributed by atoms with Crippen LogP contribution in [0.1, 0.15) is 35.8 Å². The molecule has 1 aliphatic carbocycles.